The number of amides is 1. The van der Waals surface area contributed by atoms with Crippen molar-refractivity contribution in [1.82, 2.24) is 0 Å². The highest BCUT2D eigenvalue weighted by Crippen LogP contribution is 2.37. The third kappa shape index (κ3) is 4.72. The summed E-state index contributed by atoms with van der Waals surface area (Å²) in [5.74, 6) is -0.0830. The quantitative estimate of drug-likeness (QED) is 0.638. The smallest absolute Gasteiger partial charge is 0.416 e. The molecule has 27 heavy (non-hydrogen) atoms. The van der Waals surface area contributed by atoms with E-state index >= 15 is 0 Å². The van der Waals surface area contributed by atoms with Gasteiger partial charge >= 0.3 is 6.18 Å². The summed E-state index contributed by atoms with van der Waals surface area (Å²) in [5, 5.41) is 22.9. The van der Waals surface area contributed by atoms with Crippen molar-refractivity contribution in [3.05, 3.63) is 52.1 Å². The maximum Gasteiger partial charge on any atom is 0.416 e. The third-order valence-corrected chi connectivity index (χ3v) is 4.69. The number of anilines is 1. The second-order valence-corrected chi connectivity index (χ2v) is 6.53. The fraction of sp³-hybridized carbons (Fsp3) is 0.350. The number of nitrogens with one attached hydrogen (secondary N) is 1. The Labute approximate surface area is 155 Å². The maximum absolute atomic E-state index is 12.5. The van der Waals surface area contributed by atoms with E-state index < -0.39 is 11.7 Å². The predicted molar refractivity (Wildman–Crippen MR) is 97.0 cm³/mol. The van der Waals surface area contributed by atoms with E-state index in [1.807, 2.05) is 0 Å². The van der Waals surface area contributed by atoms with Crippen molar-refractivity contribution in [2.75, 3.05) is 5.32 Å². The van der Waals surface area contributed by atoms with Crippen LogP contribution in [0.2, 0.25) is 0 Å². The van der Waals surface area contributed by atoms with Crippen molar-refractivity contribution in [1.29, 1.82) is 0 Å². The average molecular weight is 381 g/mol. The fourth-order valence-corrected chi connectivity index (χ4v) is 2.88. The molecule has 0 aromatic heterocycles. The van der Waals surface area contributed by atoms with E-state index in [2.05, 4.69) is 5.32 Å². The van der Waals surface area contributed by atoms with Gasteiger partial charge in [-0.15, -0.1) is 0 Å². The molecule has 1 amide bonds. The number of benzene rings is 2. The number of aromatic hydroxyl groups is 2. The maximum atomic E-state index is 12.5. The normalized spacial score (nSPS) is 11.5. The summed E-state index contributed by atoms with van der Waals surface area (Å²) >= 11 is 0. The number of phenols is 2. The van der Waals surface area contributed by atoms with Gasteiger partial charge < -0.3 is 15.5 Å². The van der Waals surface area contributed by atoms with Gasteiger partial charge in [0.25, 0.3) is 0 Å². The molecule has 4 nitrogen and oxygen atoms in total. The van der Waals surface area contributed by atoms with Gasteiger partial charge in [-0.1, -0.05) is 0 Å². The van der Waals surface area contributed by atoms with Crippen LogP contribution in [0.25, 0.3) is 0 Å². The summed E-state index contributed by atoms with van der Waals surface area (Å²) in [7, 11) is 0. The van der Waals surface area contributed by atoms with Crippen LogP contribution in [0.15, 0.2) is 24.3 Å². The number of alkyl halides is 3. The molecule has 2 aromatic carbocycles. The van der Waals surface area contributed by atoms with Gasteiger partial charge in [0.15, 0.2) is 0 Å². The summed E-state index contributed by atoms with van der Waals surface area (Å²) < 4.78 is 37.6. The van der Waals surface area contributed by atoms with Crippen LogP contribution in [0.4, 0.5) is 18.9 Å². The highest BCUT2D eigenvalue weighted by molar-refractivity contribution is 5.90. The van der Waals surface area contributed by atoms with Crippen LogP contribution in [0.5, 0.6) is 11.5 Å². The summed E-state index contributed by atoms with van der Waals surface area (Å²) in [5.41, 5.74) is 1.91. The Kier molecular flexibility index (Phi) is 6.03. The lowest BCUT2D eigenvalue weighted by Crippen LogP contribution is -2.12. The number of carbonyl (C=O) groups excluding carboxylic acids is 1. The van der Waals surface area contributed by atoms with Gasteiger partial charge in [-0.3, -0.25) is 4.79 Å². The molecule has 7 heteroatoms. The standard InChI is InChI=1S/C20H22F3NO3/c1-11-12(2)19(27)16(13(3)18(11)26)5-4-6-17(25)24-15-9-7-14(8-10-15)20(21,22)23/h7-10,26-27H,4-6H2,1-3H3,(H,24,25). The van der Waals surface area contributed by atoms with Crippen LogP contribution in [0, 0.1) is 20.8 Å². The highest BCUT2D eigenvalue weighted by Gasteiger charge is 2.30. The second-order valence-electron chi connectivity index (χ2n) is 6.53. The van der Waals surface area contributed by atoms with Gasteiger partial charge in [0, 0.05) is 17.7 Å². The predicted octanol–water partition coefficient (Wildman–Crippen LogP) is 5.00. The minimum atomic E-state index is -4.42. The van der Waals surface area contributed by atoms with Crippen LogP contribution in [0.3, 0.4) is 0 Å². The Balaban J connectivity index is 1.96. The van der Waals surface area contributed by atoms with E-state index in [1.54, 1.807) is 20.8 Å². The molecule has 0 aliphatic carbocycles. The lowest BCUT2D eigenvalue weighted by Gasteiger charge is -2.16. The third-order valence-electron chi connectivity index (χ3n) is 4.69. The summed E-state index contributed by atoms with van der Waals surface area (Å²) in [6.07, 6.45) is -3.47. The van der Waals surface area contributed by atoms with Crippen molar-refractivity contribution < 1.29 is 28.2 Å². The van der Waals surface area contributed by atoms with Gasteiger partial charge in [0.2, 0.25) is 5.91 Å². The molecule has 0 saturated carbocycles. The van der Waals surface area contributed by atoms with E-state index in [-0.39, 0.29) is 29.5 Å². The Morgan fingerprint density at radius 3 is 2.07 bits per heavy atom. The molecule has 0 heterocycles. The first-order valence-electron chi connectivity index (χ1n) is 8.50. The SMILES string of the molecule is Cc1c(C)c(O)c(CCCC(=O)Nc2ccc(C(F)(F)F)cc2)c(C)c1O. The number of halogens is 3. The lowest BCUT2D eigenvalue weighted by molar-refractivity contribution is -0.137. The molecular weight excluding hydrogens is 359 g/mol. The molecule has 0 aliphatic heterocycles. The van der Waals surface area contributed by atoms with Crippen molar-refractivity contribution in [3.63, 3.8) is 0 Å². The van der Waals surface area contributed by atoms with Crippen molar-refractivity contribution >= 4 is 11.6 Å². The molecule has 2 aromatic rings. The van der Waals surface area contributed by atoms with E-state index in [0.717, 1.165) is 12.1 Å². The zero-order chi connectivity index (χ0) is 20.4. The van der Waals surface area contributed by atoms with Gasteiger partial charge in [0.1, 0.15) is 11.5 Å². The molecular formula is C20H22F3NO3. The molecule has 0 atom stereocenters. The topological polar surface area (TPSA) is 69.6 Å². The van der Waals surface area contributed by atoms with Crippen LogP contribution in [-0.4, -0.2) is 16.1 Å². The minimum Gasteiger partial charge on any atom is -0.507 e. The number of carbonyl (C=O) groups is 1. The molecule has 0 fully saturated rings. The number of hydrogen-bond donors (Lipinski definition) is 3. The van der Waals surface area contributed by atoms with E-state index in [0.29, 0.717) is 35.1 Å². The Hall–Kier alpha value is -2.70. The summed E-state index contributed by atoms with van der Waals surface area (Å²) in [4.78, 5) is 12.0. The largest absolute Gasteiger partial charge is 0.507 e. The Morgan fingerprint density at radius 1 is 0.963 bits per heavy atom. The van der Waals surface area contributed by atoms with Crippen LogP contribution >= 0.6 is 0 Å². The average Bonchev–Trinajstić information content (AvgIpc) is 2.61. The summed E-state index contributed by atoms with van der Waals surface area (Å²) in [6, 6.07) is 4.24. The van der Waals surface area contributed by atoms with Gasteiger partial charge in [0.05, 0.1) is 5.56 Å². The van der Waals surface area contributed by atoms with Crippen molar-refractivity contribution in [2.45, 2.75) is 46.2 Å². The second kappa shape index (κ2) is 7.90. The van der Waals surface area contributed by atoms with E-state index in [9.17, 15) is 28.2 Å². The van der Waals surface area contributed by atoms with Crippen LogP contribution in [-0.2, 0) is 17.4 Å². The van der Waals surface area contributed by atoms with Crippen molar-refractivity contribution in [3.8, 4) is 11.5 Å². The monoisotopic (exact) mass is 381 g/mol. The Morgan fingerprint density at radius 2 is 1.52 bits per heavy atom. The molecule has 0 unspecified atom stereocenters. The molecule has 2 rings (SSSR count). The zero-order valence-corrected chi connectivity index (χ0v) is 15.4. The molecule has 0 radical (unpaired) electrons. The fourth-order valence-electron chi connectivity index (χ4n) is 2.88. The molecule has 146 valence electrons. The molecule has 0 saturated heterocycles. The van der Waals surface area contributed by atoms with E-state index in [1.165, 1.54) is 12.1 Å². The van der Waals surface area contributed by atoms with E-state index in [4.69, 9.17) is 0 Å². The summed E-state index contributed by atoms with van der Waals surface area (Å²) in [6.45, 7) is 5.14. The van der Waals surface area contributed by atoms with Gasteiger partial charge in [-0.25, -0.2) is 0 Å². The van der Waals surface area contributed by atoms with Gasteiger partial charge in [-0.2, -0.15) is 13.2 Å². The molecule has 0 bridgehead atoms. The van der Waals surface area contributed by atoms with Crippen molar-refractivity contribution in [2.24, 2.45) is 0 Å². The minimum absolute atomic E-state index is 0.117. The first-order valence-corrected chi connectivity index (χ1v) is 8.50. The van der Waals surface area contributed by atoms with Crippen LogP contribution < -0.4 is 5.32 Å². The number of rotatable bonds is 5. The number of phenolic OH excluding ortho intramolecular Hbond substituents is 2. The molecule has 0 aliphatic rings. The van der Waals surface area contributed by atoms with Gasteiger partial charge in [-0.05, 0) is 74.6 Å². The lowest BCUT2D eigenvalue weighted by atomic mass is 9.94. The number of hydrogen-bond acceptors (Lipinski definition) is 3. The first kappa shape index (κ1) is 20.6. The van der Waals surface area contributed by atoms with Crippen LogP contribution in [0.1, 0.15) is 40.7 Å². The Bertz CT molecular complexity index is 814. The first-order chi connectivity index (χ1) is 12.5. The highest BCUT2D eigenvalue weighted by atomic mass is 19.4. The molecule has 0 spiro atoms. The molecule has 3 N–H and O–H groups in total. The zero-order valence-electron chi connectivity index (χ0n) is 15.4.